The molecule has 0 amide bonds. The van der Waals surface area contributed by atoms with Crippen molar-refractivity contribution in [1.82, 2.24) is 14.3 Å². The van der Waals surface area contributed by atoms with Gasteiger partial charge < -0.3 is 10.7 Å². The van der Waals surface area contributed by atoms with Gasteiger partial charge in [-0.25, -0.2) is 13.4 Å². The number of hydrogen-bond acceptors (Lipinski definition) is 4. The summed E-state index contributed by atoms with van der Waals surface area (Å²) in [5.41, 5.74) is 5.55. The third kappa shape index (κ3) is 2.75. The van der Waals surface area contributed by atoms with E-state index in [1.807, 2.05) is 6.92 Å². The number of imidazole rings is 1. The Bertz CT molecular complexity index is 504. The van der Waals surface area contributed by atoms with Crippen LogP contribution < -0.4 is 5.73 Å². The summed E-state index contributed by atoms with van der Waals surface area (Å²) in [4.78, 5) is 6.53. The number of rotatable bonds is 5. The van der Waals surface area contributed by atoms with Gasteiger partial charge in [0.2, 0.25) is 0 Å². The van der Waals surface area contributed by atoms with E-state index in [1.165, 1.54) is 12.5 Å². The third-order valence-electron chi connectivity index (χ3n) is 4.27. The lowest BCUT2D eigenvalue weighted by atomic mass is 9.90. The first kappa shape index (κ1) is 15.5. The molecule has 1 aliphatic rings. The Morgan fingerprint density at radius 2 is 2.00 bits per heavy atom. The quantitative estimate of drug-likeness (QED) is 0.805. The highest BCUT2D eigenvalue weighted by Crippen LogP contribution is 2.35. The average molecular weight is 300 g/mol. The van der Waals surface area contributed by atoms with E-state index < -0.39 is 15.6 Å². The fourth-order valence-electron chi connectivity index (χ4n) is 3.21. The molecule has 0 spiro atoms. The second-order valence-electron chi connectivity index (χ2n) is 5.43. The van der Waals surface area contributed by atoms with Crippen molar-refractivity contribution in [2.45, 2.75) is 56.0 Å². The summed E-state index contributed by atoms with van der Waals surface area (Å²) in [5, 5.41) is 0.149. The predicted octanol–water partition coefficient (Wildman–Crippen LogP) is 1.47. The van der Waals surface area contributed by atoms with Crippen LogP contribution in [0.5, 0.6) is 0 Å². The van der Waals surface area contributed by atoms with Crippen LogP contribution in [0.25, 0.3) is 0 Å². The Hall–Kier alpha value is -0.920. The van der Waals surface area contributed by atoms with E-state index in [-0.39, 0.29) is 5.03 Å². The smallest absolute Gasteiger partial charge is 0.260 e. The van der Waals surface area contributed by atoms with E-state index in [0.717, 1.165) is 38.5 Å². The Labute approximate surface area is 120 Å². The first-order valence-corrected chi connectivity index (χ1v) is 8.72. The van der Waals surface area contributed by atoms with Crippen LogP contribution in [0.3, 0.4) is 0 Å². The molecule has 1 aliphatic carbocycles. The van der Waals surface area contributed by atoms with E-state index in [4.69, 9.17) is 5.73 Å². The molecule has 0 aliphatic heterocycles. The molecule has 0 aromatic carbocycles. The van der Waals surface area contributed by atoms with Gasteiger partial charge in [0, 0.05) is 18.6 Å². The van der Waals surface area contributed by atoms with Gasteiger partial charge in [-0.05, 0) is 12.8 Å². The summed E-state index contributed by atoms with van der Waals surface area (Å²) < 4.78 is 27.2. The van der Waals surface area contributed by atoms with Crippen molar-refractivity contribution in [2.75, 3.05) is 13.1 Å². The number of hydrogen-bond donors (Lipinski definition) is 2. The van der Waals surface area contributed by atoms with Crippen LogP contribution in [0.1, 0.15) is 45.4 Å². The summed E-state index contributed by atoms with van der Waals surface area (Å²) in [6.07, 6.45) is 8.81. The molecule has 6 nitrogen and oxygen atoms in total. The van der Waals surface area contributed by atoms with Crippen molar-refractivity contribution in [1.29, 1.82) is 0 Å². The summed E-state index contributed by atoms with van der Waals surface area (Å²) >= 11 is 0. The number of nitrogens with two attached hydrogens (primary N) is 1. The van der Waals surface area contributed by atoms with Crippen molar-refractivity contribution in [3.8, 4) is 0 Å². The molecule has 0 saturated heterocycles. The van der Waals surface area contributed by atoms with Crippen LogP contribution in [0, 0.1) is 0 Å². The number of likely N-dealkylation sites (N-methyl/N-ethyl adjacent to an activating group) is 1. The van der Waals surface area contributed by atoms with Crippen LogP contribution in [0.4, 0.5) is 0 Å². The standard InChI is InChI=1S/C13H24N4O2S/c1-2-17(20(18,19)12-9-15-11-16-12)13(10-14)7-5-3-4-6-8-13/h9,11H,2-8,10,14H2,1H3,(H,15,16). The van der Waals surface area contributed by atoms with Gasteiger partial charge in [-0.3, -0.25) is 0 Å². The minimum absolute atomic E-state index is 0.149. The monoisotopic (exact) mass is 300 g/mol. The van der Waals surface area contributed by atoms with Gasteiger partial charge >= 0.3 is 0 Å². The molecule has 1 saturated carbocycles. The van der Waals surface area contributed by atoms with Crippen LogP contribution in [-0.4, -0.2) is 41.3 Å². The maximum atomic E-state index is 12.8. The van der Waals surface area contributed by atoms with E-state index in [0.29, 0.717) is 13.1 Å². The van der Waals surface area contributed by atoms with Crippen molar-refractivity contribution in [2.24, 2.45) is 5.73 Å². The van der Waals surface area contributed by atoms with Crippen molar-refractivity contribution in [3.05, 3.63) is 12.5 Å². The fraction of sp³-hybridized carbons (Fsp3) is 0.769. The van der Waals surface area contributed by atoms with Crippen molar-refractivity contribution >= 4 is 10.0 Å². The van der Waals surface area contributed by atoms with Crippen LogP contribution in [0.15, 0.2) is 17.6 Å². The molecule has 0 bridgehead atoms. The molecule has 3 N–H and O–H groups in total. The summed E-state index contributed by atoms with van der Waals surface area (Å²) in [6.45, 7) is 2.67. The minimum Gasteiger partial charge on any atom is -0.335 e. The van der Waals surface area contributed by atoms with Gasteiger partial charge in [-0.1, -0.05) is 32.6 Å². The predicted molar refractivity (Wildman–Crippen MR) is 77.6 cm³/mol. The molecule has 1 aromatic heterocycles. The first-order valence-electron chi connectivity index (χ1n) is 7.28. The topological polar surface area (TPSA) is 92.1 Å². The number of nitrogens with one attached hydrogen (secondary N) is 1. The first-order chi connectivity index (χ1) is 9.57. The van der Waals surface area contributed by atoms with Crippen LogP contribution >= 0.6 is 0 Å². The Morgan fingerprint density at radius 3 is 2.45 bits per heavy atom. The van der Waals surface area contributed by atoms with Crippen LogP contribution in [-0.2, 0) is 10.0 Å². The number of aromatic nitrogens is 2. The molecule has 0 atom stereocenters. The second-order valence-corrected chi connectivity index (χ2v) is 7.26. The van der Waals surface area contributed by atoms with Gasteiger partial charge in [0.25, 0.3) is 10.0 Å². The molecule has 1 heterocycles. The average Bonchev–Trinajstić information content (AvgIpc) is 2.88. The maximum absolute atomic E-state index is 12.8. The Kier molecular flexibility index (Phi) is 4.82. The number of sulfonamides is 1. The second kappa shape index (κ2) is 6.24. The molecule has 2 rings (SSSR count). The lowest BCUT2D eigenvalue weighted by Crippen LogP contribution is -2.55. The Morgan fingerprint density at radius 1 is 1.35 bits per heavy atom. The molecule has 20 heavy (non-hydrogen) atoms. The van der Waals surface area contributed by atoms with E-state index in [1.54, 1.807) is 4.31 Å². The number of nitrogens with zero attached hydrogens (tertiary/aromatic N) is 2. The Balaban J connectivity index is 2.39. The minimum atomic E-state index is -3.56. The van der Waals surface area contributed by atoms with Gasteiger partial charge in [0.15, 0.2) is 5.03 Å². The zero-order valence-electron chi connectivity index (χ0n) is 12.0. The van der Waals surface area contributed by atoms with Crippen LogP contribution in [0.2, 0.25) is 0 Å². The molecular weight excluding hydrogens is 276 g/mol. The molecule has 7 heteroatoms. The van der Waals surface area contributed by atoms with Gasteiger partial charge in [-0.15, -0.1) is 0 Å². The lowest BCUT2D eigenvalue weighted by Gasteiger charge is -2.41. The highest BCUT2D eigenvalue weighted by molar-refractivity contribution is 7.89. The van der Waals surface area contributed by atoms with Gasteiger partial charge in [-0.2, -0.15) is 4.31 Å². The molecule has 1 aromatic rings. The molecule has 114 valence electrons. The van der Waals surface area contributed by atoms with Crippen molar-refractivity contribution < 1.29 is 8.42 Å². The third-order valence-corrected chi connectivity index (χ3v) is 6.28. The largest absolute Gasteiger partial charge is 0.335 e. The number of H-pyrrole nitrogens is 1. The summed E-state index contributed by atoms with van der Waals surface area (Å²) in [6, 6.07) is 0. The van der Waals surface area contributed by atoms with Gasteiger partial charge in [0.05, 0.1) is 12.5 Å². The van der Waals surface area contributed by atoms with E-state index >= 15 is 0 Å². The zero-order chi connectivity index (χ0) is 14.6. The highest BCUT2D eigenvalue weighted by atomic mass is 32.2. The highest BCUT2D eigenvalue weighted by Gasteiger charge is 2.42. The van der Waals surface area contributed by atoms with Gasteiger partial charge in [0.1, 0.15) is 0 Å². The number of aromatic amines is 1. The molecular formula is C13H24N4O2S. The fourth-order valence-corrected chi connectivity index (χ4v) is 4.95. The SMILES string of the molecule is CCN(C1(CN)CCCCCC1)S(=O)(=O)c1cnc[nH]1. The van der Waals surface area contributed by atoms with Crippen molar-refractivity contribution in [3.63, 3.8) is 0 Å². The molecule has 1 fully saturated rings. The molecule has 0 radical (unpaired) electrons. The molecule has 0 unspecified atom stereocenters. The lowest BCUT2D eigenvalue weighted by molar-refractivity contribution is 0.173. The maximum Gasteiger partial charge on any atom is 0.260 e. The summed E-state index contributed by atoms with van der Waals surface area (Å²) in [5.74, 6) is 0. The zero-order valence-corrected chi connectivity index (χ0v) is 12.8. The van der Waals surface area contributed by atoms with E-state index in [2.05, 4.69) is 9.97 Å². The summed E-state index contributed by atoms with van der Waals surface area (Å²) in [7, 11) is -3.56. The normalized spacial score (nSPS) is 19.9. The van der Waals surface area contributed by atoms with E-state index in [9.17, 15) is 8.42 Å².